The summed E-state index contributed by atoms with van der Waals surface area (Å²) < 4.78 is 40.1. The number of nitrogens with zero attached hydrogens (tertiary/aromatic N) is 2. The maximum Gasteiger partial charge on any atom is 0.416 e. The smallest absolute Gasteiger partial charge is 0.306 e. The van der Waals surface area contributed by atoms with Crippen molar-refractivity contribution in [2.45, 2.75) is 13.1 Å². The average Bonchev–Trinajstić information content (AvgIpc) is 3.05. The molecule has 0 aliphatic heterocycles. The molecule has 1 amide bonds. The van der Waals surface area contributed by atoms with Crippen LogP contribution in [0.15, 0.2) is 66.9 Å². The first-order valence-corrected chi connectivity index (χ1v) is 9.33. The second kappa shape index (κ2) is 7.50. The molecular formula is C22H15ClF3N3O. The Kier molecular flexibility index (Phi) is 4.99. The molecule has 0 saturated heterocycles. The Balaban J connectivity index is 1.76. The molecule has 8 heteroatoms. The molecular weight excluding hydrogens is 415 g/mol. The highest BCUT2D eigenvalue weighted by molar-refractivity contribution is 6.30. The lowest BCUT2D eigenvalue weighted by molar-refractivity contribution is -0.137. The largest absolute Gasteiger partial charge is 0.416 e. The zero-order valence-corrected chi connectivity index (χ0v) is 16.4. The normalized spacial score (nSPS) is 11.6. The Labute approximate surface area is 174 Å². The second-order valence-electron chi connectivity index (χ2n) is 6.78. The summed E-state index contributed by atoms with van der Waals surface area (Å²) in [4.78, 5) is 17.4. The third kappa shape index (κ3) is 3.89. The number of halogens is 4. The van der Waals surface area contributed by atoms with Gasteiger partial charge in [0.1, 0.15) is 17.2 Å². The van der Waals surface area contributed by atoms with Gasteiger partial charge in [0, 0.05) is 22.3 Å². The molecule has 0 saturated carbocycles. The molecule has 4 rings (SSSR count). The molecule has 0 radical (unpaired) electrons. The molecule has 4 nitrogen and oxygen atoms in total. The molecule has 152 valence electrons. The van der Waals surface area contributed by atoms with E-state index in [0.717, 1.165) is 29.8 Å². The number of imidazole rings is 1. The molecule has 0 bridgehead atoms. The van der Waals surface area contributed by atoms with Gasteiger partial charge in [0.05, 0.1) is 5.56 Å². The van der Waals surface area contributed by atoms with E-state index in [-0.39, 0.29) is 5.56 Å². The number of fused-ring (bicyclic) bond motifs is 1. The van der Waals surface area contributed by atoms with Crippen molar-refractivity contribution >= 4 is 29.0 Å². The summed E-state index contributed by atoms with van der Waals surface area (Å²) in [5.74, 6) is -0.142. The summed E-state index contributed by atoms with van der Waals surface area (Å²) in [5, 5.41) is 3.30. The van der Waals surface area contributed by atoms with Gasteiger partial charge in [-0.05, 0) is 55.0 Å². The quantitative estimate of drug-likeness (QED) is 0.419. The predicted octanol–water partition coefficient (Wildman–Crippen LogP) is 6.23. The van der Waals surface area contributed by atoms with Crippen molar-refractivity contribution in [3.63, 3.8) is 0 Å². The fourth-order valence-electron chi connectivity index (χ4n) is 3.10. The van der Waals surface area contributed by atoms with Crippen LogP contribution < -0.4 is 5.32 Å². The fourth-order valence-corrected chi connectivity index (χ4v) is 3.29. The fraction of sp³-hybridized carbons (Fsp3) is 0.0909. The molecule has 2 aromatic heterocycles. The van der Waals surface area contributed by atoms with E-state index in [1.165, 1.54) is 0 Å². The van der Waals surface area contributed by atoms with E-state index in [4.69, 9.17) is 11.6 Å². The van der Waals surface area contributed by atoms with Gasteiger partial charge >= 0.3 is 6.18 Å². The van der Waals surface area contributed by atoms with Gasteiger partial charge in [-0.15, -0.1) is 0 Å². The topological polar surface area (TPSA) is 46.4 Å². The summed E-state index contributed by atoms with van der Waals surface area (Å²) in [7, 11) is 0. The van der Waals surface area contributed by atoms with E-state index >= 15 is 0 Å². The van der Waals surface area contributed by atoms with Crippen LogP contribution in [0.2, 0.25) is 5.02 Å². The number of carbonyl (C=O) groups is 1. The van der Waals surface area contributed by atoms with E-state index in [1.807, 2.05) is 31.3 Å². The number of benzene rings is 2. The Morgan fingerprint density at radius 3 is 2.47 bits per heavy atom. The molecule has 30 heavy (non-hydrogen) atoms. The van der Waals surface area contributed by atoms with Crippen LogP contribution in [-0.2, 0) is 6.18 Å². The first kappa shape index (κ1) is 20.0. The molecule has 4 aromatic rings. The SMILES string of the molecule is Cc1ccc2nc(-c3cccc(Cl)c3)c(NC(=O)c3ccc(C(F)(F)F)cc3)n2c1. The van der Waals surface area contributed by atoms with E-state index in [1.54, 1.807) is 22.6 Å². The van der Waals surface area contributed by atoms with Gasteiger partial charge in [0.2, 0.25) is 0 Å². The number of rotatable bonds is 3. The van der Waals surface area contributed by atoms with E-state index in [2.05, 4.69) is 10.3 Å². The van der Waals surface area contributed by atoms with Crippen LogP contribution >= 0.6 is 11.6 Å². The third-order valence-corrected chi connectivity index (χ3v) is 4.81. The minimum atomic E-state index is -4.46. The van der Waals surface area contributed by atoms with Crippen LogP contribution in [0.4, 0.5) is 19.0 Å². The van der Waals surface area contributed by atoms with Crippen LogP contribution in [0.5, 0.6) is 0 Å². The van der Waals surface area contributed by atoms with Crippen molar-refractivity contribution in [2.75, 3.05) is 5.32 Å². The van der Waals surface area contributed by atoms with E-state index in [0.29, 0.717) is 27.7 Å². The number of aryl methyl sites for hydroxylation is 1. The summed E-state index contributed by atoms with van der Waals surface area (Å²) in [5.41, 5.74) is 2.04. The highest BCUT2D eigenvalue weighted by Gasteiger charge is 2.30. The van der Waals surface area contributed by atoms with Crippen molar-refractivity contribution in [1.29, 1.82) is 0 Å². The van der Waals surface area contributed by atoms with Gasteiger partial charge in [-0.25, -0.2) is 4.98 Å². The lowest BCUT2D eigenvalue weighted by atomic mass is 10.1. The van der Waals surface area contributed by atoms with E-state index in [9.17, 15) is 18.0 Å². The molecule has 2 heterocycles. The number of hydrogen-bond donors (Lipinski definition) is 1. The molecule has 0 fully saturated rings. The first-order valence-electron chi connectivity index (χ1n) is 8.95. The summed E-state index contributed by atoms with van der Waals surface area (Å²) in [6.45, 7) is 1.90. The van der Waals surface area contributed by atoms with Crippen LogP contribution in [0.25, 0.3) is 16.9 Å². The lowest BCUT2D eigenvalue weighted by Gasteiger charge is -2.10. The van der Waals surface area contributed by atoms with Crippen LogP contribution in [-0.4, -0.2) is 15.3 Å². The van der Waals surface area contributed by atoms with Gasteiger partial charge in [-0.1, -0.05) is 29.8 Å². The summed E-state index contributed by atoms with van der Waals surface area (Å²) in [6, 6.07) is 14.8. The number of nitrogens with one attached hydrogen (secondary N) is 1. The highest BCUT2D eigenvalue weighted by atomic mass is 35.5. The van der Waals surface area contributed by atoms with Gasteiger partial charge in [0.15, 0.2) is 0 Å². The molecule has 2 aromatic carbocycles. The Bertz CT molecular complexity index is 1250. The van der Waals surface area contributed by atoms with Crippen LogP contribution in [0.1, 0.15) is 21.5 Å². The molecule has 1 N–H and O–H groups in total. The molecule has 0 spiro atoms. The minimum Gasteiger partial charge on any atom is -0.306 e. The van der Waals surface area contributed by atoms with Crippen molar-refractivity contribution in [3.05, 3.63) is 88.6 Å². The minimum absolute atomic E-state index is 0.0997. The molecule has 0 aliphatic carbocycles. The van der Waals surface area contributed by atoms with Crippen LogP contribution in [0, 0.1) is 6.92 Å². The number of alkyl halides is 3. The number of hydrogen-bond acceptors (Lipinski definition) is 2. The van der Waals surface area contributed by atoms with Crippen molar-refractivity contribution < 1.29 is 18.0 Å². The maximum absolute atomic E-state index is 12.8. The predicted molar refractivity (Wildman–Crippen MR) is 110 cm³/mol. The maximum atomic E-state index is 12.8. The first-order chi connectivity index (χ1) is 14.2. The third-order valence-electron chi connectivity index (χ3n) is 4.57. The molecule has 0 atom stereocenters. The second-order valence-corrected chi connectivity index (χ2v) is 7.22. The van der Waals surface area contributed by atoms with Gasteiger partial charge in [0.25, 0.3) is 5.91 Å². The zero-order valence-electron chi connectivity index (χ0n) is 15.7. The number of aromatic nitrogens is 2. The number of anilines is 1. The van der Waals surface area contributed by atoms with Gasteiger partial charge in [-0.3, -0.25) is 9.20 Å². The van der Waals surface area contributed by atoms with Crippen molar-refractivity contribution in [3.8, 4) is 11.3 Å². The standard InChI is InChI=1S/C22H15ClF3N3O/c1-13-5-10-18-27-19(15-3-2-4-17(23)11-15)20(29(18)12-13)28-21(30)14-6-8-16(9-7-14)22(24,25)26/h2-12H,1H3,(H,28,30). The van der Waals surface area contributed by atoms with Gasteiger partial charge < -0.3 is 5.32 Å². The van der Waals surface area contributed by atoms with Crippen LogP contribution in [0.3, 0.4) is 0 Å². The van der Waals surface area contributed by atoms with Gasteiger partial charge in [-0.2, -0.15) is 13.2 Å². The highest BCUT2D eigenvalue weighted by Crippen LogP contribution is 2.32. The van der Waals surface area contributed by atoms with Crippen molar-refractivity contribution in [2.24, 2.45) is 0 Å². The summed E-state index contributed by atoms with van der Waals surface area (Å²) >= 11 is 6.11. The lowest BCUT2D eigenvalue weighted by Crippen LogP contribution is -2.15. The molecule has 0 aliphatic rings. The Morgan fingerprint density at radius 1 is 1.07 bits per heavy atom. The number of amides is 1. The Hall–Kier alpha value is -3.32. The monoisotopic (exact) mass is 429 g/mol. The summed E-state index contributed by atoms with van der Waals surface area (Å²) in [6.07, 6.45) is -2.65. The Morgan fingerprint density at radius 2 is 1.80 bits per heavy atom. The number of carbonyl (C=O) groups excluding carboxylic acids is 1. The number of pyridine rings is 1. The molecule has 0 unspecified atom stereocenters. The average molecular weight is 430 g/mol. The zero-order chi connectivity index (χ0) is 21.5. The van der Waals surface area contributed by atoms with E-state index < -0.39 is 17.6 Å². The van der Waals surface area contributed by atoms with Crippen molar-refractivity contribution in [1.82, 2.24) is 9.38 Å².